The van der Waals surface area contributed by atoms with Crippen LogP contribution < -0.4 is 5.32 Å². The molecule has 14 heavy (non-hydrogen) atoms. The molecule has 0 bridgehead atoms. The van der Waals surface area contributed by atoms with Gasteiger partial charge >= 0.3 is 0 Å². The molecule has 4 nitrogen and oxygen atoms in total. The molecule has 2 fully saturated rings. The van der Waals surface area contributed by atoms with Crippen molar-refractivity contribution < 1.29 is 0 Å². The fraction of sp³-hybridized carbons (Fsp3) is 0.800. The lowest BCUT2D eigenvalue weighted by Crippen LogP contribution is -2.18. The summed E-state index contributed by atoms with van der Waals surface area (Å²) >= 11 is 0. The number of nitrogens with one attached hydrogen (secondary N) is 1. The lowest BCUT2D eigenvalue weighted by atomic mass is 10.2. The highest BCUT2D eigenvalue weighted by atomic mass is 15.3. The minimum absolute atomic E-state index is 0.455. The Hall–Kier alpha value is -0.900. The summed E-state index contributed by atoms with van der Waals surface area (Å²) in [6.45, 7) is 3.19. The molecule has 0 amide bonds. The minimum Gasteiger partial charge on any atom is -0.311 e. The second kappa shape index (κ2) is 3.05. The Morgan fingerprint density at radius 2 is 2.14 bits per heavy atom. The van der Waals surface area contributed by atoms with E-state index in [2.05, 4.69) is 27.0 Å². The van der Waals surface area contributed by atoms with Gasteiger partial charge in [-0.15, -0.1) is 10.2 Å². The summed E-state index contributed by atoms with van der Waals surface area (Å²) in [6.07, 6.45) is 5.09. The smallest absolute Gasteiger partial charge is 0.150 e. The van der Waals surface area contributed by atoms with E-state index in [1.54, 1.807) is 0 Å². The van der Waals surface area contributed by atoms with Crippen LogP contribution in [0.2, 0.25) is 0 Å². The number of aromatic nitrogens is 3. The van der Waals surface area contributed by atoms with Gasteiger partial charge in [-0.1, -0.05) is 0 Å². The van der Waals surface area contributed by atoms with Crippen LogP contribution in [0.4, 0.5) is 0 Å². The number of hydrogen-bond donors (Lipinski definition) is 1. The van der Waals surface area contributed by atoms with Crippen molar-refractivity contribution >= 4 is 0 Å². The lowest BCUT2D eigenvalue weighted by Gasteiger charge is -2.12. The quantitative estimate of drug-likeness (QED) is 0.769. The van der Waals surface area contributed by atoms with Gasteiger partial charge in [0.15, 0.2) is 0 Å². The van der Waals surface area contributed by atoms with E-state index in [1.807, 2.05) is 0 Å². The summed E-state index contributed by atoms with van der Waals surface area (Å²) in [5, 5.41) is 12.0. The van der Waals surface area contributed by atoms with E-state index in [9.17, 15) is 0 Å². The van der Waals surface area contributed by atoms with Gasteiger partial charge in [-0.25, -0.2) is 0 Å². The predicted octanol–water partition coefficient (Wildman–Crippen LogP) is 1.35. The third kappa shape index (κ3) is 1.25. The summed E-state index contributed by atoms with van der Waals surface area (Å²) < 4.78 is 2.34. The minimum atomic E-state index is 0.455. The van der Waals surface area contributed by atoms with E-state index in [4.69, 9.17) is 0 Å². The van der Waals surface area contributed by atoms with Gasteiger partial charge in [0.2, 0.25) is 0 Å². The van der Waals surface area contributed by atoms with E-state index in [0.29, 0.717) is 12.1 Å². The molecule has 1 aromatic rings. The van der Waals surface area contributed by atoms with E-state index in [-0.39, 0.29) is 0 Å². The first-order valence-electron chi connectivity index (χ1n) is 5.51. The van der Waals surface area contributed by atoms with Crippen molar-refractivity contribution in [3.05, 3.63) is 11.6 Å². The fourth-order valence-corrected chi connectivity index (χ4v) is 2.31. The van der Waals surface area contributed by atoms with Crippen LogP contribution in [0.3, 0.4) is 0 Å². The van der Waals surface area contributed by atoms with Crippen molar-refractivity contribution in [3.63, 3.8) is 0 Å². The molecule has 2 aliphatic rings. The first-order valence-corrected chi connectivity index (χ1v) is 5.51. The Kier molecular flexibility index (Phi) is 1.83. The molecule has 0 spiro atoms. The molecule has 3 rings (SSSR count). The summed E-state index contributed by atoms with van der Waals surface area (Å²) in [5.41, 5.74) is 0. The Labute approximate surface area is 83.7 Å². The zero-order chi connectivity index (χ0) is 9.54. The molecule has 76 valence electrons. The van der Waals surface area contributed by atoms with Crippen LogP contribution in [0, 0.1) is 6.92 Å². The average Bonchev–Trinajstić information content (AvgIpc) is 2.75. The third-order valence-corrected chi connectivity index (χ3v) is 3.18. The van der Waals surface area contributed by atoms with Gasteiger partial charge in [-0.2, -0.15) is 0 Å². The molecule has 1 saturated heterocycles. The number of nitrogens with zero attached hydrogens (tertiary/aromatic N) is 3. The van der Waals surface area contributed by atoms with Crippen molar-refractivity contribution in [2.45, 2.75) is 44.7 Å². The molecule has 2 heterocycles. The molecular formula is C10H16N4. The van der Waals surface area contributed by atoms with Gasteiger partial charge in [0, 0.05) is 6.04 Å². The largest absolute Gasteiger partial charge is 0.311 e. The second-order valence-electron chi connectivity index (χ2n) is 4.36. The second-order valence-corrected chi connectivity index (χ2v) is 4.36. The van der Waals surface area contributed by atoms with E-state index < -0.39 is 0 Å². The van der Waals surface area contributed by atoms with Crippen molar-refractivity contribution in [1.29, 1.82) is 0 Å². The first-order chi connectivity index (χ1) is 6.86. The molecule has 1 unspecified atom stereocenters. The highest BCUT2D eigenvalue weighted by Gasteiger charge is 2.31. The summed E-state index contributed by atoms with van der Waals surface area (Å²) in [4.78, 5) is 0. The molecule has 1 aromatic heterocycles. The van der Waals surface area contributed by atoms with Crippen LogP contribution in [0.25, 0.3) is 0 Å². The van der Waals surface area contributed by atoms with Gasteiger partial charge in [-0.3, -0.25) is 0 Å². The third-order valence-electron chi connectivity index (χ3n) is 3.18. The fourth-order valence-electron chi connectivity index (χ4n) is 2.31. The Bertz CT molecular complexity index is 334. The molecule has 1 saturated carbocycles. The Morgan fingerprint density at radius 1 is 1.29 bits per heavy atom. The van der Waals surface area contributed by atoms with E-state index in [0.717, 1.165) is 12.4 Å². The first kappa shape index (κ1) is 8.41. The van der Waals surface area contributed by atoms with Gasteiger partial charge < -0.3 is 9.88 Å². The molecule has 1 aliphatic heterocycles. The van der Waals surface area contributed by atoms with E-state index in [1.165, 1.54) is 31.5 Å². The topological polar surface area (TPSA) is 42.7 Å². The van der Waals surface area contributed by atoms with Crippen molar-refractivity contribution in [3.8, 4) is 0 Å². The molecule has 4 heteroatoms. The van der Waals surface area contributed by atoms with Crippen LogP contribution in [-0.4, -0.2) is 21.3 Å². The van der Waals surface area contributed by atoms with Crippen molar-refractivity contribution in [2.75, 3.05) is 6.54 Å². The molecule has 0 aromatic carbocycles. The predicted molar refractivity (Wildman–Crippen MR) is 53.0 cm³/mol. The van der Waals surface area contributed by atoms with Gasteiger partial charge in [0.1, 0.15) is 11.6 Å². The number of aryl methyl sites for hydroxylation is 1. The van der Waals surface area contributed by atoms with Crippen LogP contribution in [-0.2, 0) is 0 Å². The zero-order valence-electron chi connectivity index (χ0n) is 8.53. The summed E-state index contributed by atoms with van der Waals surface area (Å²) in [7, 11) is 0. The summed E-state index contributed by atoms with van der Waals surface area (Å²) in [6, 6.07) is 1.15. The lowest BCUT2D eigenvalue weighted by molar-refractivity contribution is 0.547. The van der Waals surface area contributed by atoms with Crippen molar-refractivity contribution in [2.24, 2.45) is 0 Å². The maximum absolute atomic E-state index is 4.31. The Morgan fingerprint density at radius 3 is 2.79 bits per heavy atom. The van der Waals surface area contributed by atoms with Crippen molar-refractivity contribution in [1.82, 2.24) is 20.1 Å². The van der Waals surface area contributed by atoms with E-state index >= 15 is 0 Å². The van der Waals surface area contributed by atoms with Gasteiger partial charge in [-0.05, 0) is 39.2 Å². The van der Waals surface area contributed by atoms with Crippen LogP contribution >= 0.6 is 0 Å². The number of hydrogen-bond acceptors (Lipinski definition) is 3. The molecule has 1 atom stereocenters. The Balaban J connectivity index is 1.95. The number of rotatable bonds is 2. The molecular weight excluding hydrogens is 176 g/mol. The molecule has 1 N–H and O–H groups in total. The van der Waals surface area contributed by atoms with Crippen LogP contribution in [0.1, 0.15) is 49.4 Å². The van der Waals surface area contributed by atoms with Crippen LogP contribution in [0.15, 0.2) is 0 Å². The maximum Gasteiger partial charge on any atom is 0.150 e. The monoisotopic (exact) mass is 192 g/mol. The SMILES string of the molecule is Cc1nnc(C2CCCN2)n1C1CC1. The maximum atomic E-state index is 4.31. The van der Waals surface area contributed by atoms with Gasteiger partial charge in [0.05, 0.1) is 6.04 Å². The van der Waals surface area contributed by atoms with Gasteiger partial charge in [0.25, 0.3) is 0 Å². The summed E-state index contributed by atoms with van der Waals surface area (Å²) in [5.74, 6) is 2.25. The average molecular weight is 192 g/mol. The standard InChI is InChI=1S/C10H16N4/c1-7-12-13-10(9-3-2-6-11-9)14(7)8-4-5-8/h8-9,11H,2-6H2,1H3. The normalized spacial score (nSPS) is 27.1. The highest BCUT2D eigenvalue weighted by Crippen LogP contribution is 2.38. The zero-order valence-corrected chi connectivity index (χ0v) is 8.53. The van der Waals surface area contributed by atoms with Crippen LogP contribution in [0.5, 0.6) is 0 Å². The highest BCUT2D eigenvalue weighted by molar-refractivity contribution is 5.06. The molecule has 0 radical (unpaired) electrons. The molecule has 1 aliphatic carbocycles.